The largest absolute Gasteiger partial charge is 0.360 e. The summed E-state index contributed by atoms with van der Waals surface area (Å²) in [6.07, 6.45) is 8.99. The van der Waals surface area contributed by atoms with Crippen LogP contribution in [0, 0.1) is 5.92 Å². The first kappa shape index (κ1) is 9.43. The lowest BCUT2D eigenvalue weighted by atomic mass is 10.1. The molecule has 3 heteroatoms. The lowest BCUT2D eigenvalue weighted by Gasteiger charge is -2.26. The fourth-order valence-corrected chi connectivity index (χ4v) is 4.92. The van der Waals surface area contributed by atoms with Crippen LogP contribution in [-0.2, 0) is 9.47 Å². The number of rotatable bonds is 4. The van der Waals surface area contributed by atoms with E-state index in [1.165, 1.54) is 19.3 Å². The molecule has 0 radical (unpaired) electrons. The third-order valence-electron chi connectivity index (χ3n) is 3.50. The summed E-state index contributed by atoms with van der Waals surface area (Å²) < 4.78 is 10.6. The first-order chi connectivity index (χ1) is 6.28. The van der Waals surface area contributed by atoms with Gasteiger partial charge in [-0.15, -0.1) is 0 Å². The summed E-state index contributed by atoms with van der Waals surface area (Å²) in [5.41, 5.74) is 0. The Hall–Kier alpha value is -0.123. The van der Waals surface area contributed by atoms with Gasteiger partial charge in [-0.1, -0.05) is 12.2 Å². The molecule has 2 bridgehead atoms. The van der Waals surface area contributed by atoms with E-state index in [4.69, 9.17) is 9.47 Å². The lowest BCUT2D eigenvalue weighted by molar-refractivity contribution is -0.0455. The Kier molecular flexibility index (Phi) is 2.58. The van der Waals surface area contributed by atoms with E-state index in [-0.39, 0.29) is 15.4 Å². The van der Waals surface area contributed by atoms with E-state index >= 15 is 0 Å². The van der Waals surface area contributed by atoms with E-state index in [9.17, 15) is 0 Å². The van der Waals surface area contributed by atoms with Crippen LogP contribution < -0.4 is 0 Å². The Morgan fingerprint density at radius 2 is 2.23 bits per heavy atom. The molecular weight excluding hydrogens is 180 g/mol. The van der Waals surface area contributed by atoms with Crippen LogP contribution in [0.1, 0.15) is 19.3 Å². The first-order valence-corrected chi connectivity index (χ1v) is 6.55. The van der Waals surface area contributed by atoms with Gasteiger partial charge in [0.15, 0.2) is 0 Å². The number of methoxy groups -OCH3 is 2. The normalized spacial score (nSPS) is 37.3. The average Bonchev–Trinajstić information content (AvgIpc) is 2.74. The summed E-state index contributed by atoms with van der Waals surface area (Å²) in [6.45, 7) is 0. The Bertz CT molecular complexity index is 213. The maximum Gasteiger partial charge on any atom is 0.135 e. The summed E-state index contributed by atoms with van der Waals surface area (Å²) in [5.74, 6) is 0.989. The molecule has 13 heavy (non-hydrogen) atoms. The van der Waals surface area contributed by atoms with Gasteiger partial charge in [0, 0.05) is 14.2 Å². The Labute approximate surface area is 82.1 Å². The molecule has 2 rings (SSSR count). The molecule has 0 heterocycles. The standard InChI is InChI=1S/C10H18O2Si/c1-11-9(12-2)13-10-5-3-8(7-10)4-6-10/h3,5,8-9H,4,6-7,13H2,1-2H3. The molecule has 0 spiro atoms. The van der Waals surface area contributed by atoms with Gasteiger partial charge in [-0.25, -0.2) is 0 Å². The van der Waals surface area contributed by atoms with Crippen molar-refractivity contribution in [1.82, 2.24) is 0 Å². The molecule has 1 saturated carbocycles. The molecule has 1 fully saturated rings. The number of hydrogen-bond acceptors (Lipinski definition) is 2. The van der Waals surface area contributed by atoms with Crippen molar-refractivity contribution in [2.45, 2.75) is 30.2 Å². The fourth-order valence-electron chi connectivity index (χ4n) is 2.70. The summed E-state index contributed by atoms with van der Waals surface area (Å²) >= 11 is 0. The molecule has 2 unspecified atom stereocenters. The minimum atomic E-state index is -0.295. The third-order valence-corrected chi connectivity index (χ3v) is 6.19. The van der Waals surface area contributed by atoms with Gasteiger partial charge in [0.2, 0.25) is 0 Å². The summed E-state index contributed by atoms with van der Waals surface area (Å²) in [5, 5.41) is 0.543. The zero-order valence-electron chi connectivity index (χ0n) is 8.45. The summed E-state index contributed by atoms with van der Waals surface area (Å²) in [6, 6.07) is 0. The van der Waals surface area contributed by atoms with Crippen LogP contribution in [0.3, 0.4) is 0 Å². The molecule has 74 valence electrons. The van der Waals surface area contributed by atoms with E-state index in [1.807, 2.05) is 0 Å². The zero-order valence-corrected chi connectivity index (χ0v) is 9.87. The number of allylic oxidation sites excluding steroid dienone is 2. The third kappa shape index (κ3) is 1.73. The molecule has 2 aliphatic rings. The van der Waals surface area contributed by atoms with Crippen LogP contribution in [0.4, 0.5) is 0 Å². The molecule has 0 aromatic heterocycles. The molecule has 2 atom stereocenters. The van der Waals surface area contributed by atoms with Gasteiger partial charge >= 0.3 is 0 Å². The topological polar surface area (TPSA) is 18.5 Å². The predicted molar refractivity (Wildman–Crippen MR) is 55.5 cm³/mol. The SMILES string of the molecule is COC(OC)[SiH2]C12C=CC(CC1)C2. The second-order valence-electron chi connectivity index (χ2n) is 4.33. The van der Waals surface area contributed by atoms with E-state index in [2.05, 4.69) is 12.2 Å². The summed E-state index contributed by atoms with van der Waals surface area (Å²) in [4.78, 5) is 0. The maximum atomic E-state index is 5.31. The molecule has 0 aliphatic heterocycles. The van der Waals surface area contributed by atoms with Gasteiger partial charge in [-0.05, 0) is 30.2 Å². The van der Waals surface area contributed by atoms with Crippen molar-refractivity contribution < 1.29 is 9.47 Å². The zero-order chi connectivity index (χ0) is 9.31. The van der Waals surface area contributed by atoms with Crippen molar-refractivity contribution in [3.05, 3.63) is 12.2 Å². The molecular formula is C10H18O2Si. The second-order valence-corrected chi connectivity index (χ2v) is 6.81. The van der Waals surface area contributed by atoms with E-state index in [1.54, 1.807) is 14.2 Å². The first-order valence-electron chi connectivity index (χ1n) is 5.03. The van der Waals surface area contributed by atoms with E-state index < -0.39 is 0 Å². The van der Waals surface area contributed by atoms with Crippen LogP contribution in [0.5, 0.6) is 0 Å². The van der Waals surface area contributed by atoms with Crippen LogP contribution >= 0.6 is 0 Å². The van der Waals surface area contributed by atoms with Gasteiger partial charge in [0.25, 0.3) is 0 Å². The van der Waals surface area contributed by atoms with Crippen molar-refractivity contribution in [3.63, 3.8) is 0 Å². The number of ether oxygens (including phenoxy) is 2. The molecule has 0 N–H and O–H groups in total. The van der Waals surface area contributed by atoms with Crippen molar-refractivity contribution >= 4 is 9.52 Å². The highest BCUT2D eigenvalue weighted by Gasteiger charge is 2.42. The molecule has 2 aliphatic carbocycles. The van der Waals surface area contributed by atoms with Crippen molar-refractivity contribution in [1.29, 1.82) is 0 Å². The van der Waals surface area contributed by atoms with E-state index in [0.717, 1.165) is 5.92 Å². The highest BCUT2D eigenvalue weighted by molar-refractivity contribution is 6.42. The molecule has 0 aromatic rings. The molecule has 2 nitrogen and oxygen atoms in total. The quantitative estimate of drug-likeness (QED) is 0.385. The van der Waals surface area contributed by atoms with Crippen molar-refractivity contribution in [2.24, 2.45) is 5.92 Å². The second kappa shape index (κ2) is 3.56. The van der Waals surface area contributed by atoms with Crippen LogP contribution in [0.2, 0.25) is 5.04 Å². The van der Waals surface area contributed by atoms with Crippen LogP contribution in [-0.4, -0.2) is 29.7 Å². The number of hydrogen-bond donors (Lipinski definition) is 0. The lowest BCUT2D eigenvalue weighted by Crippen LogP contribution is -2.30. The van der Waals surface area contributed by atoms with Crippen LogP contribution in [0.25, 0.3) is 0 Å². The molecule has 0 aromatic carbocycles. The Morgan fingerprint density at radius 1 is 1.46 bits per heavy atom. The smallest absolute Gasteiger partial charge is 0.135 e. The monoisotopic (exact) mass is 198 g/mol. The average molecular weight is 198 g/mol. The minimum absolute atomic E-state index is 0.112. The minimum Gasteiger partial charge on any atom is -0.360 e. The van der Waals surface area contributed by atoms with Crippen molar-refractivity contribution in [2.75, 3.05) is 14.2 Å². The number of fused-ring (bicyclic) bond motifs is 2. The van der Waals surface area contributed by atoms with E-state index in [0.29, 0.717) is 5.04 Å². The van der Waals surface area contributed by atoms with Gasteiger partial charge in [0.05, 0.1) is 0 Å². The van der Waals surface area contributed by atoms with Crippen molar-refractivity contribution in [3.8, 4) is 0 Å². The highest BCUT2D eigenvalue weighted by Crippen LogP contribution is 2.54. The summed E-state index contributed by atoms with van der Waals surface area (Å²) in [7, 11) is 3.21. The van der Waals surface area contributed by atoms with Gasteiger partial charge in [-0.3, -0.25) is 0 Å². The van der Waals surface area contributed by atoms with Gasteiger partial charge in [0.1, 0.15) is 15.4 Å². The fraction of sp³-hybridized carbons (Fsp3) is 0.800. The van der Waals surface area contributed by atoms with Gasteiger partial charge in [-0.2, -0.15) is 0 Å². The Morgan fingerprint density at radius 3 is 2.62 bits per heavy atom. The molecule has 0 saturated heterocycles. The van der Waals surface area contributed by atoms with Gasteiger partial charge < -0.3 is 9.47 Å². The predicted octanol–water partition coefficient (Wildman–Crippen LogP) is 1.26. The molecule has 0 amide bonds. The van der Waals surface area contributed by atoms with Crippen LogP contribution in [0.15, 0.2) is 12.2 Å². The Balaban J connectivity index is 1.97. The highest BCUT2D eigenvalue weighted by atomic mass is 28.2. The maximum absolute atomic E-state index is 5.31.